The highest BCUT2D eigenvalue weighted by Crippen LogP contribution is 2.43. The smallest absolute Gasteiger partial charge is 0.153 e. The number of carbonyl (C=O) groups excluding carboxylic acids is 1. The lowest BCUT2D eigenvalue weighted by molar-refractivity contribution is -0.122. The molecule has 0 bridgehead atoms. The molecule has 2 aromatic carbocycles. The summed E-state index contributed by atoms with van der Waals surface area (Å²) >= 11 is 7.39. The van der Waals surface area contributed by atoms with Gasteiger partial charge in [0.2, 0.25) is 0 Å². The van der Waals surface area contributed by atoms with Gasteiger partial charge >= 0.3 is 0 Å². The molecule has 0 fully saturated rings. The second-order valence-electron chi connectivity index (χ2n) is 6.68. The van der Waals surface area contributed by atoms with E-state index in [2.05, 4.69) is 52.0 Å². The minimum atomic E-state index is -0.512. The quantitative estimate of drug-likeness (QED) is 0.314. The van der Waals surface area contributed by atoms with Gasteiger partial charge in [-0.25, -0.2) is 19.3 Å². The van der Waals surface area contributed by atoms with Crippen LogP contribution in [0.25, 0.3) is 0 Å². The number of Topliss-reactive ketones (excluding diaryl/α,β-unsaturated/α-hetero) is 1. The first-order valence-corrected chi connectivity index (χ1v) is 11.1. The average molecular weight is 530 g/mol. The SMILES string of the molecule is O=C(C(c1ccccc1)C(Br)n1cncn1)C(c1ccccc1)C(Br)n1cncn1. The molecular formula is C21H18Br2N6O. The van der Waals surface area contributed by atoms with Crippen LogP contribution in [0.4, 0.5) is 0 Å². The van der Waals surface area contributed by atoms with Crippen molar-refractivity contribution in [2.75, 3.05) is 0 Å². The summed E-state index contributed by atoms with van der Waals surface area (Å²) in [5.41, 5.74) is 1.78. The molecule has 4 unspecified atom stereocenters. The third-order valence-electron chi connectivity index (χ3n) is 4.86. The summed E-state index contributed by atoms with van der Waals surface area (Å²) < 4.78 is 3.30. The number of aromatic nitrogens is 6. The first-order chi connectivity index (χ1) is 14.7. The van der Waals surface area contributed by atoms with Crippen molar-refractivity contribution >= 4 is 37.6 Å². The molecule has 0 N–H and O–H groups in total. The number of benzene rings is 2. The van der Waals surface area contributed by atoms with Crippen LogP contribution in [0.15, 0.2) is 86.0 Å². The van der Waals surface area contributed by atoms with Gasteiger partial charge in [-0.1, -0.05) is 92.5 Å². The van der Waals surface area contributed by atoms with Gasteiger partial charge in [0.25, 0.3) is 0 Å². The second kappa shape index (κ2) is 9.44. The zero-order chi connectivity index (χ0) is 20.9. The Balaban J connectivity index is 1.80. The van der Waals surface area contributed by atoms with Gasteiger partial charge in [-0.15, -0.1) is 0 Å². The average Bonchev–Trinajstić information content (AvgIpc) is 3.50. The Morgan fingerprint density at radius 1 is 0.700 bits per heavy atom. The summed E-state index contributed by atoms with van der Waals surface area (Å²) in [5.74, 6) is -1.01. The fourth-order valence-corrected chi connectivity index (χ4v) is 4.98. The van der Waals surface area contributed by atoms with Gasteiger partial charge in [0, 0.05) is 0 Å². The van der Waals surface area contributed by atoms with Crippen molar-refractivity contribution in [1.82, 2.24) is 29.5 Å². The maximum absolute atomic E-state index is 14.1. The van der Waals surface area contributed by atoms with E-state index in [1.54, 1.807) is 22.0 Å². The normalized spacial score (nSPS) is 15.3. The molecule has 30 heavy (non-hydrogen) atoms. The lowest BCUT2D eigenvalue weighted by atomic mass is 9.83. The van der Waals surface area contributed by atoms with Crippen molar-refractivity contribution in [3.05, 3.63) is 97.1 Å². The fraction of sp³-hybridized carbons (Fsp3) is 0.190. The monoisotopic (exact) mass is 528 g/mol. The van der Waals surface area contributed by atoms with E-state index in [4.69, 9.17) is 0 Å². The number of nitrogens with zero attached hydrogens (tertiary/aromatic N) is 6. The van der Waals surface area contributed by atoms with Crippen LogP contribution in [0.1, 0.15) is 32.9 Å². The lowest BCUT2D eigenvalue weighted by Gasteiger charge is -2.29. The van der Waals surface area contributed by atoms with Crippen molar-refractivity contribution in [3.8, 4) is 0 Å². The summed E-state index contributed by atoms with van der Waals surface area (Å²) in [6.45, 7) is 0. The lowest BCUT2D eigenvalue weighted by Crippen LogP contribution is -2.30. The van der Waals surface area contributed by atoms with Gasteiger partial charge in [0.15, 0.2) is 5.78 Å². The molecule has 152 valence electrons. The first kappa shape index (κ1) is 20.6. The Bertz CT molecular complexity index is 972. The number of alkyl halides is 2. The molecule has 4 aromatic rings. The Hall–Kier alpha value is -2.65. The maximum atomic E-state index is 14.1. The molecule has 9 heteroatoms. The molecule has 0 aliphatic carbocycles. The van der Waals surface area contributed by atoms with Gasteiger partial charge < -0.3 is 0 Å². The van der Waals surface area contributed by atoms with Crippen LogP contribution in [0, 0.1) is 0 Å². The van der Waals surface area contributed by atoms with Gasteiger partial charge in [0.05, 0.1) is 11.8 Å². The molecule has 0 spiro atoms. The van der Waals surface area contributed by atoms with Gasteiger partial charge in [0.1, 0.15) is 35.2 Å². The van der Waals surface area contributed by atoms with Crippen molar-refractivity contribution in [2.24, 2.45) is 0 Å². The second-order valence-corrected chi connectivity index (χ2v) is 8.55. The highest BCUT2D eigenvalue weighted by atomic mass is 79.9. The van der Waals surface area contributed by atoms with Crippen molar-refractivity contribution in [2.45, 2.75) is 21.7 Å². The first-order valence-electron chi connectivity index (χ1n) is 9.27. The minimum absolute atomic E-state index is 0.0159. The molecule has 2 heterocycles. The number of ketones is 1. The van der Waals surface area contributed by atoms with Crippen LogP contribution in [-0.4, -0.2) is 35.3 Å². The number of halogens is 2. The Morgan fingerprint density at radius 2 is 1.10 bits per heavy atom. The van der Waals surface area contributed by atoms with Crippen LogP contribution >= 0.6 is 31.9 Å². The molecule has 0 amide bonds. The van der Waals surface area contributed by atoms with E-state index in [1.165, 1.54) is 12.7 Å². The molecule has 0 saturated carbocycles. The van der Waals surface area contributed by atoms with Crippen LogP contribution in [-0.2, 0) is 4.79 Å². The number of hydrogen-bond donors (Lipinski definition) is 0. The molecule has 4 rings (SSSR count). The molecule has 0 aliphatic rings. The van der Waals surface area contributed by atoms with E-state index in [9.17, 15) is 4.79 Å². The predicted molar refractivity (Wildman–Crippen MR) is 119 cm³/mol. The molecule has 0 radical (unpaired) electrons. The topological polar surface area (TPSA) is 78.5 Å². The fourth-order valence-electron chi connectivity index (χ4n) is 3.43. The Morgan fingerprint density at radius 3 is 1.43 bits per heavy atom. The van der Waals surface area contributed by atoms with Crippen molar-refractivity contribution < 1.29 is 4.79 Å². The van der Waals surface area contributed by atoms with Crippen molar-refractivity contribution in [1.29, 1.82) is 0 Å². The Kier molecular flexibility index (Phi) is 6.49. The van der Waals surface area contributed by atoms with E-state index < -0.39 is 21.7 Å². The van der Waals surface area contributed by atoms with Crippen molar-refractivity contribution in [3.63, 3.8) is 0 Å². The molecule has 0 aliphatic heterocycles. The van der Waals surface area contributed by atoms with E-state index in [0.29, 0.717) is 0 Å². The van der Waals surface area contributed by atoms with E-state index in [1.807, 2.05) is 60.7 Å². The number of hydrogen-bond acceptors (Lipinski definition) is 5. The van der Waals surface area contributed by atoms with Crippen LogP contribution in [0.2, 0.25) is 0 Å². The van der Waals surface area contributed by atoms with Gasteiger partial charge in [-0.05, 0) is 11.1 Å². The number of carbonyl (C=O) groups is 1. The molecule has 7 nitrogen and oxygen atoms in total. The van der Waals surface area contributed by atoms with Gasteiger partial charge in [-0.3, -0.25) is 4.79 Å². The van der Waals surface area contributed by atoms with E-state index in [-0.39, 0.29) is 5.78 Å². The third kappa shape index (κ3) is 4.27. The third-order valence-corrected chi connectivity index (χ3v) is 6.76. The number of rotatable bonds is 8. The summed E-state index contributed by atoms with van der Waals surface area (Å²) in [6.07, 6.45) is 6.11. The highest BCUT2D eigenvalue weighted by molar-refractivity contribution is 9.09. The highest BCUT2D eigenvalue weighted by Gasteiger charge is 2.39. The van der Waals surface area contributed by atoms with Crippen LogP contribution < -0.4 is 0 Å². The molecular weight excluding hydrogens is 512 g/mol. The van der Waals surface area contributed by atoms with E-state index in [0.717, 1.165) is 11.1 Å². The zero-order valence-corrected chi connectivity index (χ0v) is 18.9. The predicted octanol–water partition coefficient (Wildman–Crippen LogP) is 4.49. The molecule has 2 aromatic heterocycles. The standard InChI is InChI=1S/C21H18Br2N6O/c22-20(28-13-24-11-26-28)17(15-7-3-1-4-8-15)19(30)18(16-9-5-2-6-10-16)21(23)29-14-25-12-27-29/h1-14,17-18,20-21H. The van der Waals surface area contributed by atoms with E-state index >= 15 is 0 Å². The van der Waals surface area contributed by atoms with Crippen LogP contribution in [0.5, 0.6) is 0 Å². The molecule has 4 atom stereocenters. The minimum Gasteiger partial charge on any atom is -0.298 e. The maximum Gasteiger partial charge on any atom is 0.153 e. The van der Waals surface area contributed by atoms with Gasteiger partial charge in [-0.2, -0.15) is 10.2 Å². The summed E-state index contributed by atoms with van der Waals surface area (Å²) in [6, 6.07) is 19.4. The largest absolute Gasteiger partial charge is 0.298 e. The summed E-state index contributed by atoms with van der Waals surface area (Å²) in [5, 5.41) is 8.48. The Labute approximate surface area is 190 Å². The summed E-state index contributed by atoms with van der Waals surface area (Å²) in [7, 11) is 0. The van der Waals surface area contributed by atoms with Crippen LogP contribution in [0.3, 0.4) is 0 Å². The zero-order valence-electron chi connectivity index (χ0n) is 15.7. The summed E-state index contributed by atoms with van der Waals surface area (Å²) in [4.78, 5) is 21.4. The molecule has 0 saturated heterocycles.